The molecule has 2 heteroatoms. The standard InChI is InChI=1S/C14H11NO/c16-11-7-5-10(6-8-11)13-9-15-14-4-2-1-3-12(13)14/h1-9,15-16H. The van der Waals surface area contributed by atoms with Crippen LogP contribution in [0.15, 0.2) is 54.7 Å². The number of phenolic OH excluding ortho intramolecular Hbond substituents is 1. The van der Waals surface area contributed by atoms with Crippen LogP contribution in [0.1, 0.15) is 0 Å². The van der Waals surface area contributed by atoms with Crippen LogP contribution >= 0.6 is 0 Å². The number of hydrogen-bond donors (Lipinski definition) is 2. The van der Waals surface area contributed by atoms with E-state index in [0.717, 1.165) is 16.6 Å². The van der Waals surface area contributed by atoms with Crippen molar-refractivity contribution in [3.63, 3.8) is 0 Å². The van der Waals surface area contributed by atoms with Crippen LogP contribution in [0.4, 0.5) is 0 Å². The third-order valence-corrected chi connectivity index (χ3v) is 2.77. The van der Waals surface area contributed by atoms with Crippen molar-refractivity contribution in [3.05, 3.63) is 54.7 Å². The number of rotatable bonds is 1. The Hall–Kier alpha value is -2.22. The van der Waals surface area contributed by atoms with Crippen molar-refractivity contribution in [2.45, 2.75) is 0 Å². The zero-order valence-corrected chi connectivity index (χ0v) is 8.64. The van der Waals surface area contributed by atoms with Crippen molar-refractivity contribution in [1.82, 2.24) is 4.98 Å². The SMILES string of the molecule is Oc1ccc(-c2c[nH]c3ccccc23)cc1. The Labute approximate surface area is 93.2 Å². The number of aromatic hydroxyl groups is 1. The third kappa shape index (κ3) is 1.36. The van der Waals surface area contributed by atoms with Gasteiger partial charge in [0.1, 0.15) is 5.75 Å². The van der Waals surface area contributed by atoms with Crippen LogP contribution in [0.3, 0.4) is 0 Å². The molecule has 3 aromatic rings. The maximum atomic E-state index is 9.26. The highest BCUT2D eigenvalue weighted by Gasteiger charge is 2.04. The second kappa shape index (κ2) is 3.42. The van der Waals surface area contributed by atoms with Gasteiger partial charge in [0.05, 0.1) is 0 Å². The summed E-state index contributed by atoms with van der Waals surface area (Å²) < 4.78 is 0. The van der Waals surface area contributed by atoms with Crippen LogP contribution in [0.25, 0.3) is 22.0 Å². The highest BCUT2D eigenvalue weighted by Crippen LogP contribution is 2.29. The fourth-order valence-electron chi connectivity index (χ4n) is 1.95. The van der Waals surface area contributed by atoms with Crippen LogP contribution in [0.5, 0.6) is 5.75 Å². The van der Waals surface area contributed by atoms with E-state index in [1.165, 1.54) is 5.39 Å². The van der Waals surface area contributed by atoms with E-state index >= 15 is 0 Å². The number of H-pyrrole nitrogens is 1. The number of hydrogen-bond acceptors (Lipinski definition) is 1. The second-order valence-electron chi connectivity index (χ2n) is 3.79. The van der Waals surface area contributed by atoms with E-state index in [2.05, 4.69) is 17.1 Å². The first kappa shape index (κ1) is 9.04. The average Bonchev–Trinajstić information content (AvgIpc) is 2.74. The maximum absolute atomic E-state index is 9.26. The molecule has 0 fully saturated rings. The van der Waals surface area contributed by atoms with E-state index in [1.807, 2.05) is 30.5 Å². The fraction of sp³-hybridized carbons (Fsp3) is 0. The van der Waals surface area contributed by atoms with Crippen LogP contribution in [-0.2, 0) is 0 Å². The Morgan fingerprint density at radius 3 is 2.44 bits per heavy atom. The number of fused-ring (bicyclic) bond motifs is 1. The van der Waals surface area contributed by atoms with E-state index in [-0.39, 0.29) is 0 Å². The summed E-state index contributed by atoms with van der Waals surface area (Å²) in [7, 11) is 0. The summed E-state index contributed by atoms with van der Waals surface area (Å²) in [6, 6.07) is 15.4. The molecule has 1 aromatic heterocycles. The molecule has 2 nitrogen and oxygen atoms in total. The topological polar surface area (TPSA) is 36.0 Å². The normalized spacial score (nSPS) is 10.8. The molecular weight excluding hydrogens is 198 g/mol. The zero-order chi connectivity index (χ0) is 11.0. The van der Waals surface area contributed by atoms with Crippen molar-refractivity contribution in [2.24, 2.45) is 0 Å². The monoisotopic (exact) mass is 209 g/mol. The van der Waals surface area contributed by atoms with Crippen molar-refractivity contribution >= 4 is 10.9 Å². The van der Waals surface area contributed by atoms with Crippen LogP contribution < -0.4 is 0 Å². The zero-order valence-electron chi connectivity index (χ0n) is 8.64. The van der Waals surface area contributed by atoms with Crippen LogP contribution in [-0.4, -0.2) is 10.1 Å². The molecule has 78 valence electrons. The predicted octanol–water partition coefficient (Wildman–Crippen LogP) is 3.54. The Morgan fingerprint density at radius 1 is 0.875 bits per heavy atom. The van der Waals surface area contributed by atoms with Gasteiger partial charge in [-0.3, -0.25) is 0 Å². The van der Waals surface area contributed by atoms with Gasteiger partial charge < -0.3 is 10.1 Å². The summed E-state index contributed by atoms with van der Waals surface area (Å²) in [6.07, 6.45) is 2.00. The lowest BCUT2D eigenvalue weighted by Crippen LogP contribution is -1.74. The van der Waals surface area contributed by atoms with E-state index in [9.17, 15) is 5.11 Å². The van der Waals surface area contributed by atoms with Gasteiger partial charge in [0.2, 0.25) is 0 Å². The number of aromatic nitrogens is 1. The van der Waals surface area contributed by atoms with E-state index in [0.29, 0.717) is 5.75 Å². The number of nitrogens with one attached hydrogen (secondary N) is 1. The molecule has 0 unspecified atom stereocenters. The third-order valence-electron chi connectivity index (χ3n) is 2.77. The minimum Gasteiger partial charge on any atom is -0.508 e. The first-order valence-corrected chi connectivity index (χ1v) is 5.20. The lowest BCUT2D eigenvalue weighted by molar-refractivity contribution is 0.475. The summed E-state index contributed by atoms with van der Waals surface area (Å²) in [4.78, 5) is 3.24. The molecule has 0 amide bonds. The molecule has 0 bridgehead atoms. The van der Waals surface area contributed by atoms with Crippen molar-refractivity contribution in [1.29, 1.82) is 0 Å². The molecule has 0 radical (unpaired) electrons. The summed E-state index contributed by atoms with van der Waals surface area (Å²) in [5.74, 6) is 0.295. The summed E-state index contributed by atoms with van der Waals surface area (Å²) >= 11 is 0. The van der Waals surface area contributed by atoms with Crippen LogP contribution in [0.2, 0.25) is 0 Å². The van der Waals surface area contributed by atoms with Crippen LogP contribution in [0, 0.1) is 0 Å². The quantitative estimate of drug-likeness (QED) is 0.631. The number of aromatic amines is 1. The van der Waals surface area contributed by atoms with E-state index in [4.69, 9.17) is 0 Å². The molecule has 16 heavy (non-hydrogen) atoms. The molecular formula is C14H11NO. The molecule has 0 atom stereocenters. The Balaban J connectivity index is 2.22. The lowest BCUT2D eigenvalue weighted by atomic mass is 10.1. The molecule has 0 aliphatic heterocycles. The highest BCUT2D eigenvalue weighted by molar-refractivity contribution is 5.95. The average molecular weight is 209 g/mol. The molecule has 0 spiro atoms. The van der Waals surface area contributed by atoms with Gasteiger partial charge in [-0.1, -0.05) is 30.3 Å². The molecule has 2 aromatic carbocycles. The largest absolute Gasteiger partial charge is 0.508 e. The fourth-order valence-corrected chi connectivity index (χ4v) is 1.95. The van der Waals surface area contributed by atoms with Crippen molar-refractivity contribution in [3.8, 4) is 16.9 Å². The molecule has 1 heterocycles. The Morgan fingerprint density at radius 2 is 1.62 bits per heavy atom. The molecule has 0 aliphatic rings. The lowest BCUT2D eigenvalue weighted by Gasteiger charge is -1.99. The number of phenols is 1. The van der Waals surface area contributed by atoms with Gasteiger partial charge in [0, 0.05) is 22.7 Å². The van der Waals surface area contributed by atoms with Crippen molar-refractivity contribution < 1.29 is 5.11 Å². The first-order valence-electron chi connectivity index (χ1n) is 5.20. The van der Waals surface area contributed by atoms with E-state index < -0.39 is 0 Å². The highest BCUT2D eigenvalue weighted by atomic mass is 16.3. The van der Waals surface area contributed by atoms with Gasteiger partial charge in [-0.2, -0.15) is 0 Å². The predicted molar refractivity (Wildman–Crippen MR) is 65.4 cm³/mol. The van der Waals surface area contributed by atoms with Gasteiger partial charge in [0.25, 0.3) is 0 Å². The minimum absolute atomic E-state index is 0.295. The summed E-state index contributed by atoms with van der Waals surface area (Å²) in [5.41, 5.74) is 3.40. The second-order valence-corrected chi connectivity index (χ2v) is 3.79. The summed E-state index contributed by atoms with van der Waals surface area (Å²) in [6.45, 7) is 0. The Kier molecular flexibility index (Phi) is 1.93. The summed E-state index contributed by atoms with van der Waals surface area (Å²) in [5, 5.41) is 10.5. The van der Waals surface area contributed by atoms with Gasteiger partial charge in [-0.25, -0.2) is 0 Å². The molecule has 0 aliphatic carbocycles. The number of para-hydroxylation sites is 1. The molecule has 2 N–H and O–H groups in total. The first-order chi connectivity index (χ1) is 7.84. The van der Waals surface area contributed by atoms with E-state index in [1.54, 1.807) is 12.1 Å². The van der Waals surface area contributed by atoms with Gasteiger partial charge in [-0.15, -0.1) is 0 Å². The van der Waals surface area contributed by atoms with Crippen molar-refractivity contribution in [2.75, 3.05) is 0 Å². The molecule has 0 saturated heterocycles. The minimum atomic E-state index is 0.295. The maximum Gasteiger partial charge on any atom is 0.115 e. The number of benzene rings is 2. The smallest absolute Gasteiger partial charge is 0.115 e. The molecule has 0 saturated carbocycles. The molecule has 3 rings (SSSR count). The van der Waals surface area contributed by atoms with Gasteiger partial charge in [0.15, 0.2) is 0 Å². The van der Waals surface area contributed by atoms with Gasteiger partial charge >= 0.3 is 0 Å². The Bertz CT molecular complexity index is 623. The van der Waals surface area contributed by atoms with Gasteiger partial charge in [-0.05, 0) is 23.8 Å².